The molecule has 0 fully saturated rings. The number of fused-ring (bicyclic) bond motifs is 1. The Morgan fingerprint density at radius 2 is 1.96 bits per heavy atom. The third kappa shape index (κ3) is 3.31. The first-order valence-electron chi connectivity index (χ1n) is 7.84. The largest absolute Gasteiger partial charge is 0.281 e. The van der Waals surface area contributed by atoms with Crippen molar-refractivity contribution in [3.8, 4) is 0 Å². The maximum Gasteiger partial charge on any atom is 0.281 e. The molecule has 7 heteroatoms. The molecule has 0 spiro atoms. The summed E-state index contributed by atoms with van der Waals surface area (Å²) in [6.45, 7) is 2.63. The van der Waals surface area contributed by atoms with Gasteiger partial charge in [0.2, 0.25) is 0 Å². The van der Waals surface area contributed by atoms with Gasteiger partial charge in [-0.3, -0.25) is 19.8 Å². The Hall–Kier alpha value is -2.28. The molecule has 0 saturated carbocycles. The zero-order chi connectivity index (χ0) is 17.1. The van der Waals surface area contributed by atoms with Gasteiger partial charge in [0.1, 0.15) is 9.99 Å². The Kier molecular flexibility index (Phi) is 4.89. The Labute approximate surface area is 147 Å². The zero-order valence-electron chi connectivity index (χ0n) is 13.3. The molecule has 0 unspecified atom stereocenters. The number of nitrogens with zero attached hydrogens (tertiary/aromatic N) is 4. The van der Waals surface area contributed by atoms with Gasteiger partial charge in [0.25, 0.3) is 5.69 Å². The number of unbranched alkanes of at least 4 members (excludes halogenated alkanes) is 1. The third-order valence-electron chi connectivity index (χ3n) is 3.87. The summed E-state index contributed by atoms with van der Waals surface area (Å²) in [5, 5.41) is 16.1. The fourth-order valence-electron chi connectivity index (χ4n) is 2.71. The van der Waals surface area contributed by atoms with Gasteiger partial charge in [-0.15, -0.1) is 0 Å². The predicted molar refractivity (Wildman–Crippen MR) is 96.0 cm³/mol. The molecule has 0 aliphatic carbocycles. The minimum absolute atomic E-state index is 0.0512. The molecule has 6 nitrogen and oxygen atoms in total. The van der Waals surface area contributed by atoms with Gasteiger partial charge < -0.3 is 0 Å². The lowest BCUT2D eigenvalue weighted by Crippen LogP contribution is -2.05. The van der Waals surface area contributed by atoms with Crippen molar-refractivity contribution < 1.29 is 4.92 Å². The van der Waals surface area contributed by atoms with Crippen LogP contribution in [0.15, 0.2) is 41.0 Å². The Bertz CT molecular complexity index is 891. The number of pyridine rings is 1. The van der Waals surface area contributed by atoms with Crippen molar-refractivity contribution in [2.24, 2.45) is 0 Å². The molecule has 0 bridgehead atoms. The highest BCUT2D eigenvalue weighted by Gasteiger charge is 2.19. The number of aryl methyl sites for hydroxylation is 1. The fourth-order valence-corrected chi connectivity index (χ4v) is 3.30. The van der Waals surface area contributed by atoms with Crippen molar-refractivity contribution in [2.75, 3.05) is 0 Å². The predicted octanol–water partition coefficient (Wildman–Crippen LogP) is 4.49. The Morgan fingerprint density at radius 3 is 2.71 bits per heavy atom. The molecule has 0 saturated heterocycles. The van der Waals surface area contributed by atoms with Crippen LogP contribution in [-0.4, -0.2) is 19.7 Å². The number of halogens is 1. The van der Waals surface area contributed by atoms with E-state index in [1.165, 1.54) is 6.07 Å². The van der Waals surface area contributed by atoms with Crippen LogP contribution < -0.4 is 0 Å². The van der Waals surface area contributed by atoms with Gasteiger partial charge in [0.15, 0.2) is 0 Å². The Balaban J connectivity index is 1.96. The second kappa shape index (κ2) is 7.09. The van der Waals surface area contributed by atoms with E-state index in [-0.39, 0.29) is 10.6 Å². The monoisotopic (exact) mass is 388 g/mol. The second-order valence-corrected chi connectivity index (χ2v) is 6.35. The molecule has 1 aromatic carbocycles. The molecule has 0 aliphatic rings. The third-order valence-corrected chi connectivity index (χ3v) is 4.43. The minimum atomic E-state index is -0.386. The highest BCUT2D eigenvalue weighted by Crippen LogP contribution is 2.32. The van der Waals surface area contributed by atoms with E-state index >= 15 is 0 Å². The molecule has 2 heterocycles. The van der Waals surface area contributed by atoms with E-state index in [4.69, 9.17) is 0 Å². The van der Waals surface area contributed by atoms with Crippen molar-refractivity contribution >= 4 is 32.5 Å². The van der Waals surface area contributed by atoms with E-state index in [9.17, 15) is 10.1 Å². The number of nitro groups is 1. The molecule has 0 atom stereocenters. The molecule has 3 rings (SSSR count). The normalized spacial score (nSPS) is 11.1. The van der Waals surface area contributed by atoms with Gasteiger partial charge in [-0.1, -0.05) is 25.5 Å². The summed E-state index contributed by atoms with van der Waals surface area (Å²) in [4.78, 5) is 15.5. The summed E-state index contributed by atoms with van der Waals surface area (Å²) in [6, 6.07) is 11.0. The van der Waals surface area contributed by atoms with Crippen LogP contribution in [-0.2, 0) is 13.0 Å². The summed E-state index contributed by atoms with van der Waals surface area (Å²) < 4.78 is 2.23. The van der Waals surface area contributed by atoms with Crippen LogP contribution >= 0.6 is 15.9 Å². The lowest BCUT2D eigenvalue weighted by atomic mass is 10.2. The van der Waals surface area contributed by atoms with Gasteiger partial charge in [0.05, 0.1) is 22.7 Å². The molecule has 0 N–H and O–H groups in total. The average Bonchev–Trinajstić information content (AvgIpc) is 2.89. The zero-order valence-corrected chi connectivity index (χ0v) is 14.9. The van der Waals surface area contributed by atoms with Crippen LogP contribution in [0.25, 0.3) is 10.9 Å². The van der Waals surface area contributed by atoms with Gasteiger partial charge in [-0.25, -0.2) is 0 Å². The first kappa shape index (κ1) is 16.6. The minimum Gasteiger partial charge on any atom is -0.258 e. The fraction of sp³-hybridized carbons (Fsp3) is 0.294. The van der Waals surface area contributed by atoms with Crippen LogP contribution in [0.2, 0.25) is 0 Å². The van der Waals surface area contributed by atoms with E-state index in [1.807, 2.05) is 24.3 Å². The first-order chi connectivity index (χ1) is 11.6. The lowest BCUT2D eigenvalue weighted by molar-refractivity contribution is -0.383. The van der Waals surface area contributed by atoms with Crippen LogP contribution in [0.1, 0.15) is 31.2 Å². The first-order valence-corrected chi connectivity index (χ1v) is 8.63. The van der Waals surface area contributed by atoms with Crippen molar-refractivity contribution in [1.29, 1.82) is 0 Å². The number of rotatable bonds is 6. The maximum absolute atomic E-state index is 11.2. The Morgan fingerprint density at radius 1 is 1.21 bits per heavy atom. The van der Waals surface area contributed by atoms with Crippen molar-refractivity contribution in [1.82, 2.24) is 14.8 Å². The van der Waals surface area contributed by atoms with E-state index < -0.39 is 0 Å². The number of nitro benzene ring substituents is 1. The van der Waals surface area contributed by atoms with Gasteiger partial charge >= 0.3 is 0 Å². The van der Waals surface area contributed by atoms with Gasteiger partial charge in [-0.2, -0.15) is 5.10 Å². The number of benzene rings is 1. The second-order valence-electron chi connectivity index (χ2n) is 5.60. The van der Waals surface area contributed by atoms with Crippen molar-refractivity contribution in [3.05, 3.63) is 62.5 Å². The molecule has 0 amide bonds. The van der Waals surface area contributed by atoms with Gasteiger partial charge in [0, 0.05) is 11.8 Å². The molecule has 24 heavy (non-hydrogen) atoms. The van der Waals surface area contributed by atoms with Crippen molar-refractivity contribution in [3.63, 3.8) is 0 Å². The topological polar surface area (TPSA) is 73.8 Å². The molecular weight excluding hydrogens is 372 g/mol. The summed E-state index contributed by atoms with van der Waals surface area (Å²) >= 11 is 3.34. The number of aromatic nitrogens is 3. The molecule has 0 radical (unpaired) electrons. The molecule has 3 aromatic rings. The van der Waals surface area contributed by atoms with Crippen LogP contribution in [0, 0.1) is 10.1 Å². The summed E-state index contributed by atoms with van der Waals surface area (Å²) in [6.07, 6.45) is 3.20. The highest BCUT2D eigenvalue weighted by atomic mass is 79.9. The van der Waals surface area contributed by atoms with Crippen molar-refractivity contribution in [2.45, 2.75) is 32.7 Å². The van der Waals surface area contributed by atoms with Gasteiger partial charge in [-0.05, 0) is 47.0 Å². The quantitative estimate of drug-likeness (QED) is 0.460. The SMILES string of the molecule is CCCCc1cccc(Cn2nc(Br)c3c([N+](=O)[O-])cccc32)n1. The number of hydrogen-bond donors (Lipinski definition) is 0. The summed E-state index contributed by atoms with van der Waals surface area (Å²) in [5.74, 6) is 0. The molecule has 124 valence electrons. The summed E-state index contributed by atoms with van der Waals surface area (Å²) in [7, 11) is 0. The lowest BCUT2D eigenvalue weighted by Gasteiger charge is -2.06. The summed E-state index contributed by atoms with van der Waals surface area (Å²) in [5.41, 5.74) is 2.73. The van der Waals surface area contributed by atoms with Crippen LogP contribution in [0.3, 0.4) is 0 Å². The van der Waals surface area contributed by atoms with E-state index in [0.29, 0.717) is 16.5 Å². The van der Waals surface area contributed by atoms with Crippen LogP contribution in [0.4, 0.5) is 5.69 Å². The van der Waals surface area contributed by atoms with E-state index in [2.05, 4.69) is 32.9 Å². The van der Waals surface area contributed by atoms with E-state index in [0.717, 1.165) is 36.2 Å². The average molecular weight is 389 g/mol. The number of hydrogen-bond acceptors (Lipinski definition) is 4. The molecule has 0 aliphatic heterocycles. The highest BCUT2D eigenvalue weighted by molar-refractivity contribution is 9.10. The molecular formula is C17H17BrN4O2. The van der Waals surface area contributed by atoms with E-state index in [1.54, 1.807) is 10.7 Å². The molecule has 2 aromatic heterocycles. The number of non-ortho nitro benzene ring substituents is 1. The standard InChI is InChI=1S/C17H17BrN4O2/c1-2-3-6-12-7-4-8-13(19-12)11-21-14-9-5-10-15(22(23)24)16(14)17(18)20-21/h4-5,7-10H,2-3,6,11H2,1H3. The maximum atomic E-state index is 11.2. The smallest absolute Gasteiger partial charge is 0.258 e. The van der Waals surface area contributed by atoms with Crippen LogP contribution in [0.5, 0.6) is 0 Å².